The first-order valence-electron chi connectivity index (χ1n) is 4.12. The topological polar surface area (TPSA) is 113 Å². The molecular formula is C7H12N2O5. The molecule has 7 nitrogen and oxygen atoms in total. The van der Waals surface area contributed by atoms with Crippen molar-refractivity contribution in [3.05, 3.63) is 0 Å². The predicted octanol–water partition coefficient (Wildman–Crippen LogP) is -2.08. The first kappa shape index (κ1) is 10.9. The van der Waals surface area contributed by atoms with Gasteiger partial charge in [-0.15, -0.1) is 0 Å². The van der Waals surface area contributed by atoms with Gasteiger partial charge in [-0.1, -0.05) is 0 Å². The van der Waals surface area contributed by atoms with Crippen molar-refractivity contribution in [2.24, 2.45) is 5.73 Å². The van der Waals surface area contributed by atoms with Crippen LogP contribution in [0.3, 0.4) is 0 Å². The summed E-state index contributed by atoms with van der Waals surface area (Å²) in [4.78, 5) is 26.3. The highest BCUT2D eigenvalue weighted by Gasteiger charge is 2.33. The molecule has 0 spiro atoms. The number of hydrogen-bond acceptors (Lipinski definition) is 5. The highest BCUT2D eigenvalue weighted by atomic mass is 16.7. The van der Waals surface area contributed by atoms with E-state index in [1.54, 1.807) is 0 Å². The van der Waals surface area contributed by atoms with Crippen LogP contribution < -0.4 is 5.73 Å². The second-order valence-electron chi connectivity index (χ2n) is 2.97. The number of aliphatic carboxylic acids is 1. The minimum absolute atomic E-state index is 0.0609. The van der Waals surface area contributed by atoms with Crippen molar-refractivity contribution in [2.45, 2.75) is 18.6 Å². The molecule has 1 aliphatic heterocycles. The zero-order valence-corrected chi connectivity index (χ0v) is 7.42. The SMILES string of the molecule is N[C@@H]1C(=O)N(CCC(=O)O)OC[C@@H]1O. The maximum Gasteiger partial charge on any atom is 0.305 e. The number of nitrogens with zero attached hydrogens (tertiary/aromatic N) is 1. The predicted molar refractivity (Wildman–Crippen MR) is 43.9 cm³/mol. The summed E-state index contributed by atoms with van der Waals surface area (Å²) >= 11 is 0. The van der Waals surface area contributed by atoms with Crippen molar-refractivity contribution in [1.29, 1.82) is 0 Å². The van der Waals surface area contributed by atoms with Crippen molar-refractivity contribution < 1.29 is 24.6 Å². The monoisotopic (exact) mass is 204 g/mol. The third-order valence-corrected chi connectivity index (χ3v) is 1.88. The Morgan fingerprint density at radius 1 is 1.71 bits per heavy atom. The van der Waals surface area contributed by atoms with Crippen molar-refractivity contribution in [2.75, 3.05) is 13.2 Å². The van der Waals surface area contributed by atoms with Gasteiger partial charge < -0.3 is 15.9 Å². The normalized spacial score (nSPS) is 27.9. The molecular weight excluding hydrogens is 192 g/mol. The van der Waals surface area contributed by atoms with Crippen molar-refractivity contribution >= 4 is 11.9 Å². The molecule has 1 fully saturated rings. The fourth-order valence-corrected chi connectivity index (χ4v) is 1.04. The Bertz CT molecular complexity index is 244. The Kier molecular flexibility index (Phi) is 3.39. The number of nitrogens with two attached hydrogens (primary N) is 1. The zero-order valence-electron chi connectivity index (χ0n) is 7.42. The Balaban J connectivity index is 2.47. The largest absolute Gasteiger partial charge is 0.481 e. The fourth-order valence-electron chi connectivity index (χ4n) is 1.04. The number of carboxylic acids is 1. The zero-order chi connectivity index (χ0) is 10.7. The summed E-state index contributed by atoms with van der Waals surface area (Å²) in [7, 11) is 0. The number of carboxylic acid groups (broad SMARTS) is 1. The molecule has 1 rings (SSSR count). The van der Waals surface area contributed by atoms with Gasteiger partial charge >= 0.3 is 5.97 Å². The van der Waals surface area contributed by atoms with E-state index >= 15 is 0 Å². The van der Waals surface area contributed by atoms with Gasteiger partial charge in [-0.25, -0.2) is 5.06 Å². The molecule has 0 aliphatic carbocycles. The molecule has 7 heteroatoms. The van der Waals surface area contributed by atoms with Gasteiger partial charge in [-0.2, -0.15) is 0 Å². The maximum atomic E-state index is 11.3. The van der Waals surface area contributed by atoms with Crippen LogP contribution in [-0.4, -0.2) is 52.5 Å². The van der Waals surface area contributed by atoms with E-state index in [1.807, 2.05) is 0 Å². The van der Waals surface area contributed by atoms with E-state index in [4.69, 9.17) is 20.8 Å². The molecule has 14 heavy (non-hydrogen) atoms. The molecule has 1 amide bonds. The standard InChI is InChI=1S/C7H12N2O5/c8-6-4(10)3-14-9(7(6)13)2-1-5(11)12/h4,6,10H,1-3,8H2,(H,11,12)/t4-,6-/m0/s1. The highest BCUT2D eigenvalue weighted by Crippen LogP contribution is 2.08. The van der Waals surface area contributed by atoms with Crippen LogP contribution in [0.5, 0.6) is 0 Å². The van der Waals surface area contributed by atoms with Crippen LogP contribution in [-0.2, 0) is 14.4 Å². The molecule has 0 aromatic rings. The fraction of sp³-hybridized carbons (Fsp3) is 0.714. The van der Waals surface area contributed by atoms with Gasteiger partial charge in [0.25, 0.3) is 5.91 Å². The minimum atomic E-state index is -1.03. The lowest BCUT2D eigenvalue weighted by atomic mass is 10.1. The Labute approximate surface area is 80.0 Å². The molecule has 4 N–H and O–H groups in total. The molecule has 1 saturated heterocycles. The van der Waals surface area contributed by atoms with Crippen LogP contribution in [0.1, 0.15) is 6.42 Å². The summed E-state index contributed by atoms with van der Waals surface area (Å²) < 4.78 is 0. The summed E-state index contributed by atoms with van der Waals surface area (Å²) in [6, 6.07) is -1.03. The van der Waals surface area contributed by atoms with E-state index in [9.17, 15) is 9.59 Å². The van der Waals surface area contributed by atoms with Crippen LogP contribution in [0.25, 0.3) is 0 Å². The Hall–Kier alpha value is -1.18. The van der Waals surface area contributed by atoms with Crippen LogP contribution >= 0.6 is 0 Å². The number of hydroxylamine groups is 2. The van der Waals surface area contributed by atoms with Crippen LogP contribution in [0, 0.1) is 0 Å². The van der Waals surface area contributed by atoms with Gasteiger partial charge in [0.05, 0.1) is 13.0 Å². The molecule has 1 heterocycles. The van der Waals surface area contributed by atoms with Gasteiger partial charge in [0.1, 0.15) is 18.8 Å². The number of carbonyl (C=O) groups excluding carboxylic acids is 1. The Morgan fingerprint density at radius 2 is 2.36 bits per heavy atom. The number of hydrogen-bond donors (Lipinski definition) is 3. The van der Waals surface area contributed by atoms with Crippen LogP contribution in [0.4, 0.5) is 0 Å². The molecule has 0 aromatic carbocycles. The third-order valence-electron chi connectivity index (χ3n) is 1.88. The van der Waals surface area contributed by atoms with E-state index in [2.05, 4.69) is 0 Å². The Morgan fingerprint density at radius 3 is 2.93 bits per heavy atom. The lowest BCUT2D eigenvalue weighted by Gasteiger charge is -2.32. The summed E-state index contributed by atoms with van der Waals surface area (Å²) in [5, 5.41) is 18.4. The smallest absolute Gasteiger partial charge is 0.305 e. The minimum Gasteiger partial charge on any atom is -0.481 e. The van der Waals surface area contributed by atoms with Gasteiger partial charge in [0, 0.05) is 0 Å². The average Bonchev–Trinajstić information content (AvgIpc) is 2.13. The maximum absolute atomic E-state index is 11.3. The summed E-state index contributed by atoms with van der Waals surface area (Å²) in [6.07, 6.45) is -1.24. The van der Waals surface area contributed by atoms with Gasteiger partial charge in [0.2, 0.25) is 0 Å². The first-order chi connectivity index (χ1) is 6.52. The molecule has 0 bridgehead atoms. The number of aliphatic hydroxyl groups is 1. The molecule has 1 aliphatic rings. The van der Waals surface area contributed by atoms with Crippen molar-refractivity contribution in [1.82, 2.24) is 5.06 Å². The van der Waals surface area contributed by atoms with Crippen LogP contribution in [0.2, 0.25) is 0 Å². The summed E-state index contributed by atoms with van der Waals surface area (Å²) in [5.41, 5.74) is 5.35. The van der Waals surface area contributed by atoms with E-state index in [0.717, 1.165) is 5.06 Å². The van der Waals surface area contributed by atoms with Crippen molar-refractivity contribution in [3.63, 3.8) is 0 Å². The van der Waals surface area contributed by atoms with Gasteiger partial charge in [0.15, 0.2) is 0 Å². The second kappa shape index (κ2) is 4.36. The number of aliphatic hydroxyl groups excluding tert-OH is 1. The van der Waals surface area contributed by atoms with Gasteiger partial charge in [-0.05, 0) is 0 Å². The van der Waals surface area contributed by atoms with Gasteiger partial charge in [-0.3, -0.25) is 14.4 Å². The van der Waals surface area contributed by atoms with E-state index < -0.39 is 24.0 Å². The molecule has 0 aromatic heterocycles. The van der Waals surface area contributed by atoms with Crippen LogP contribution in [0.15, 0.2) is 0 Å². The molecule has 80 valence electrons. The third kappa shape index (κ3) is 2.41. The summed E-state index contributed by atoms with van der Waals surface area (Å²) in [6.45, 7) is -0.152. The molecule has 0 radical (unpaired) electrons. The van der Waals surface area contributed by atoms with E-state index in [1.165, 1.54) is 0 Å². The summed E-state index contributed by atoms with van der Waals surface area (Å²) in [5.74, 6) is -1.62. The quantitative estimate of drug-likeness (QED) is 0.486. The van der Waals surface area contributed by atoms with Crippen molar-refractivity contribution in [3.8, 4) is 0 Å². The number of amides is 1. The molecule has 0 unspecified atom stereocenters. The highest BCUT2D eigenvalue weighted by molar-refractivity contribution is 5.82. The number of carbonyl (C=O) groups is 2. The van der Waals surface area contributed by atoms with E-state index in [0.29, 0.717) is 0 Å². The second-order valence-corrected chi connectivity index (χ2v) is 2.97. The average molecular weight is 204 g/mol. The first-order valence-corrected chi connectivity index (χ1v) is 4.12. The molecule has 2 atom stereocenters. The molecule has 0 saturated carbocycles. The lowest BCUT2D eigenvalue weighted by Crippen LogP contribution is -2.57. The lowest BCUT2D eigenvalue weighted by molar-refractivity contribution is -0.218. The number of rotatable bonds is 3. The van der Waals surface area contributed by atoms with E-state index in [-0.39, 0.29) is 19.6 Å².